The van der Waals surface area contributed by atoms with Crippen molar-refractivity contribution in [1.29, 1.82) is 0 Å². The van der Waals surface area contributed by atoms with E-state index in [0.29, 0.717) is 18.9 Å². The van der Waals surface area contributed by atoms with Crippen LogP contribution in [0.4, 0.5) is 5.69 Å². The molecule has 0 aliphatic rings. The zero-order valence-electron chi connectivity index (χ0n) is 13.2. The van der Waals surface area contributed by atoms with E-state index in [2.05, 4.69) is 29.5 Å². The Hall–Kier alpha value is -2.36. The van der Waals surface area contributed by atoms with Crippen molar-refractivity contribution >= 4 is 11.6 Å². The van der Waals surface area contributed by atoms with Crippen LogP contribution in [0.5, 0.6) is 0 Å². The van der Waals surface area contributed by atoms with Crippen molar-refractivity contribution in [1.82, 2.24) is 10.3 Å². The van der Waals surface area contributed by atoms with Gasteiger partial charge in [0.1, 0.15) is 0 Å². The normalized spacial score (nSPS) is 10.5. The molecular weight excluding hydrogens is 274 g/mol. The van der Waals surface area contributed by atoms with E-state index in [4.69, 9.17) is 0 Å². The van der Waals surface area contributed by atoms with Gasteiger partial charge in [-0.3, -0.25) is 9.78 Å². The monoisotopic (exact) mass is 297 g/mol. The van der Waals surface area contributed by atoms with Gasteiger partial charge in [-0.15, -0.1) is 0 Å². The van der Waals surface area contributed by atoms with Gasteiger partial charge in [-0.25, -0.2) is 0 Å². The second-order valence-corrected chi connectivity index (χ2v) is 5.79. The highest BCUT2D eigenvalue weighted by Crippen LogP contribution is 2.11. The molecule has 0 saturated carbocycles. The van der Waals surface area contributed by atoms with E-state index < -0.39 is 0 Å². The lowest BCUT2D eigenvalue weighted by molar-refractivity contribution is -0.120. The molecule has 22 heavy (non-hydrogen) atoms. The number of nitrogens with zero attached hydrogens (tertiary/aromatic N) is 1. The van der Waals surface area contributed by atoms with E-state index >= 15 is 0 Å². The number of carbonyl (C=O) groups excluding carboxylic acids is 1. The first kappa shape index (κ1) is 16.0. The van der Waals surface area contributed by atoms with Gasteiger partial charge in [-0.1, -0.05) is 32.0 Å². The molecule has 116 valence electrons. The van der Waals surface area contributed by atoms with E-state index in [-0.39, 0.29) is 5.91 Å². The van der Waals surface area contributed by atoms with Crippen molar-refractivity contribution in [2.24, 2.45) is 5.92 Å². The van der Waals surface area contributed by atoms with Crippen molar-refractivity contribution < 1.29 is 4.79 Å². The minimum Gasteiger partial charge on any atom is -0.385 e. The summed E-state index contributed by atoms with van der Waals surface area (Å²) in [5.41, 5.74) is 3.11. The highest BCUT2D eigenvalue weighted by Gasteiger charge is 2.04. The molecule has 2 aromatic rings. The van der Waals surface area contributed by atoms with E-state index in [1.165, 1.54) is 0 Å². The zero-order chi connectivity index (χ0) is 15.8. The molecule has 0 bridgehead atoms. The number of nitrogens with one attached hydrogen (secondary N) is 2. The molecule has 0 unspecified atom stereocenters. The molecule has 0 aliphatic carbocycles. The molecule has 0 saturated heterocycles. The summed E-state index contributed by atoms with van der Waals surface area (Å²) in [6.07, 6.45) is 3.88. The highest BCUT2D eigenvalue weighted by atomic mass is 16.1. The summed E-state index contributed by atoms with van der Waals surface area (Å²) >= 11 is 0. The van der Waals surface area contributed by atoms with Crippen LogP contribution in [-0.4, -0.2) is 17.4 Å². The minimum absolute atomic E-state index is 0.0201. The number of aromatic nitrogens is 1. The third-order valence-corrected chi connectivity index (χ3v) is 3.25. The lowest BCUT2D eigenvalue weighted by atomic mass is 10.1. The third kappa shape index (κ3) is 5.56. The maximum atomic E-state index is 11.9. The molecule has 4 nitrogen and oxygen atoms in total. The molecule has 0 aliphatic heterocycles. The first-order chi connectivity index (χ1) is 10.6. The lowest BCUT2D eigenvalue weighted by Gasteiger charge is -2.10. The third-order valence-electron chi connectivity index (χ3n) is 3.25. The van der Waals surface area contributed by atoms with Crippen LogP contribution >= 0.6 is 0 Å². The zero-order valence-corrected chi connectivity index (χ0v) is 13.2. The summed E-state index contributed by atoms with van der Waals surface area (Å²) in [5, 5.41) is 6.27. The first-order valence-electron chi connectivity index (χ1n) is 7.62. The SMILES string of the molecule is CC(C)CNc1ccc(CC(=O)NCc2cccnc2)cc1. The summed E-state index contributed by atoms with van der Waals surface area (Å²) in [6, 6.07) is 11.8. The Morgan fingerprint density at radius 3 is 2.55 bits per heavy atom. The minimum atomic E-state index is 0.0201. The standard InChI is InChI=1S/C18H23N3O/c1-14(2)11-20-17-7-5-15(6-8-17)10-18(22)21-13-16-4-3-9-19-12-16/h3-9,12,14,20H,10-11,13H2,1-2H3,(H,21,22). The number of pyridine rings is 1. The van der Waals surface area contributed by atoms with Crippen LogP contribution < -0.4 is 10.6 Å². The van der Waals surface area contributed by atoms with Crippen LogP contribution in [0.3, 0.4) is 0 Å². The van der Waals surface area contributed by atoms with E-state index in [9.17, 15) is 4.79 Å². The Morgan fingerprint density at radius 2 is 1.91 bits per heavy atom. The molecule has 4 heteroatoms. The number of benzene rings is 1. The molecule has 1 aromatic heterocycles. The van der Waals surface area contributed by atoms with E-state index in [0.717, 1.165) is 23.4 Å². The van der Waals surface area contributed by atoms with Crippen LogP contribution in [0.1, 0.15) is 25.0 Å². The number of anilines is 1. The molecular formula is C18H23N3O. The van der Waals surface area contributed by atoms with Crippen LogP contribution in [0, 0.1) is 5.92 Å². The summed E-state index contributed by atoms with van der Waals surface area (Å²) in [7, 11) is 0. The van der Waals surface area contributed by atoms with E-state index in [1.807, 2.05) is 36.4 Å². The van der Waals surface area contributed by atoms with Crippen molar-refractivity contribution in [2.75, 3.05) is 11.9 Å². The molecule has 0 atom stereocenters. The van der Waals surface area contributed by atoms with Crippen LogP contribution in [0.2, 0.25) is 0 Å². The van der Waals surface area contributed by atoms with Crippen LogP contribution in [0.25, 0.3) is 0 Å². The largest absolute Gasteiger partial charge is 0.385 e. The maximum absolute atomic E-state index is 11.9. The van der Waals surface area contributed by atoms with E-state index in [1.54, 1.807) is 12.4 Å². The predicted octanol–water partition coefficient (Wildman–Crippen LogP) is 3.01. The van der Waals surface area contributed by atoms with Crippen molar-refractivity contribution in [3.8, 4) is 0 Å². The van der Waals surface area contributed by atoms with Crippen LogP contribution in [0.15, 0.2) is 48.8 Å². The van der Waals surface area contributed by atoms with Crippen molar-refractivity contribution in [2.45, 2.75) is 26.8 Å². The fraction of sp³-hybridized carbons (Fsp3) is 0.333. The Bertz CT molecular complexity index is 579. The number of hydrogen-bond donors (Lipinski definition) is 2. The average molecular weight is 297 g/mol. The molecule has 0 radical (unpaired) electrons. The van der Waals surface area contributed by atoms with Crippen molar-refractivity contribution in [3.05, 3.63) is 59.9 Å². The van der Waals surface area contributed by atoms with Crippen LogP contribution in [-0.2, 0) is 17.8 Å². The number of amides is 1. The molecule has 0 fully saturated rings. The van der Waals surface area contributed by atoms with Gasteiger partial charge in [0.15, 0.2) is 0 Å². The number of rotatable bonds is 7. The smallest absolute Gasteiger partial charge is 0.224 e. The topological polar surface area (TPSA) is 54.0 Å². The summed E-state index contributed by atoms with van der Waals surface area (Å²) in [6.45, 7) is 5.81. The molecule has 2 N–H and O–H groups in total. The summed E-state index contributed by atoms with van der Waals surface area (Å²) < 4.78 is 0. The van der Waals surface area contributed by atoms with Gasteiger partial charge in [-0.05, 0) is 35.2 Å². The fourth-order valence-electron chi connectivity index (χ4n) is 2.01. The second-order valence-electron chi connectivity index (χ2n) is 5.79. The van der Waals surface area contributed by atoms with Gasteiger partial charge < -0.3 is 10.6 Å². The van der Waals surface area contributed by atoms with Gasteiger partial charge in [-0.2, -0.15) is 0 Å². The first-order valence-corrected chi connectivity index (χ1v) is 7.62. The Labute approximate surface area is 132 Å². The van der Waals surface area contributed by atoms with Gasteiger partial charge in [0.2, 0.25) is 5.91 Å². The summed E-state index contributed by atoms with van der Waals surface area (Å²) in [4.78, 5) is 16.0. The van der Waals surface area contributed by atoms with Crippen molar-refractivity contribution in [3.63, 3.8) is 0 Å². The second kappa shape index (κ2) is 8.17. The molecule has 1 heterocycles. The van der Waals surface area contributed by atoms with Gasteiger partial charge in [0.05, 0.1) is 6.42 Å². The lowest BCUT2D eigenvalue weighted by Crippen LogP contribution is -2.24. The quantitative estimate of drug-likeness (QED) is 0.826. The van der Waals surface area contributed by atoms with Gasteiger partial charge in [0.25, 0.3) is 0 Å². The highest BCUT2D eigenvalue weighted by molar-refractivity contribution is 5.78. The maximum Gasteiger partial charge on any atom is 0.224 e. The Morgan fingerprint density at radius 1 is 1.14 bits per heavy atom. The van der Waals surface area contributed by atoms with Gasteiger partial charge >= 0.3 is 0 Å². The Kier molecular flexibility index (Phi) is 5.95. The fourth-order valence-corrected chi connectivity index (χ4v) is 2.01. The number of carbonyl (C=O) groups is 1. The molecule has 1 aromatic carbocycles. The molecule has 0 spiro atoms. The molecule has 2 rings (SSSR count). The summed E-state index contributed by atoms with van der Waals surface area (Å²) in [5.74, 6) is 0.629. The number of hydrogen-bond acceptors (Lipinski definition) is 3. The average Bonchev–Trinajstić information content (AvgIpc) is 2.53. The Balaban J connectivity index is 1.79. The predicted molar refractivity (Wildman–Crippen MR) is 89.6 cm³/mol. The van der Waals surface area contributed by atoms with Gasteiger partial charge in [0, 0.05) is 31.2 Å². The molecule has 1 amide bonds.